The van der Waals surface area contributed by atoms with Crippen molar-refractivity contribution in [1.82, 2.24) is 15.3 Å². The van der Waals surface area contributed by atoms with E-state index in [2.05, 4.69) is 63.1 Å². The molecule has 0 saturated heterocycles. The van der Waals surface area contributed by atoms with E-state index in [1.807, 2.05) is 0 Å². The van der Waals surface area contributed by atoms with Gasteiger partial charge in [0.05, 0.1) is 12.2 Å². The quantitative estimate of drug-likeness (QED) is 0.880. The summed E-state index contributed by atoms with van der Waals surface area (Å²) in [5.41, 5.74) is 5.97. The van der Waals surface area contributed by atoms with Gasteiger partial charge in [-0.1, -0.05) is 31.5 Å². The second kappa shape index (κ2) is 5.57. The number of nitrogens with one attached hydrogen (secondary N) is 2. The van der Waals surface area contributed by atoms with Gasteiger partial charge >= 0.3 is 0 Å². The summed E-state index contributed by atoms with van der Waals surface area (Å²) in [6, 6.07) is 6.97. The lowest BCUT2D eigenvalue weighted by Gasteiger charge is -2.05. The van der Waals surface area contributed by atoms with Gasteiger partial charge in [-0.2, -0.15) is 0 Å². The van der Waals surface area contributed by atoms with Crippen LogP contribution >= 0.6 is 0 Å². The maximum Gasteiger partial charge on any atom is 0.121 e. The van der Waals surface area contributed by atoms with Crippen molar-refractivity contribution in [3.63, 3.8) is 0 Å². The highest BCUT2D eigenvalue weighted by Crippen LogP contribution is 2.25. The summed E-state index contributed by atoms with van der Waals surface area (Å²) in [5.74, 6) is 1.00. The van der Waals surface area contributed by atoms with E-state index in [4.69, 9.17) is 4.98 Å². The number of H-pyrrole nitrogens is 1. The Morgan fingerprint density at radius 2 is 1.95 bits per heavy atom. The number of aromatic amines is 1. The van der Waals surface area contributed by atoms with Crippen LogP contribution in [0.25, 0.3) is 11.3 Å². The van der Waals surface area contributed by atoms with Crippen molar-refractivity contribution in [1.29, 1.82) is 0 Å². The molecule has 1 aromatic heterocycles. The number of aromatic nitrogens is 2. The largest absolute Gasteiger partial charge is 0.344 e. The van der Waals surface area contributed by atoms with Gasteiger partial charge in [0.2, 0.25) is 0 Å². The standard InChI is InChI=1S/C16H23N3/c1-10(2)17-9-15-18-13(5)16(19-15)14-8-11(3)6-7-12(14)4/h6-8,10,17H,9H2,1-5H3,(H,18,19). The molecule has 0 atom stereocenters. The first-order chi connectivity index (χ1) is 8.97. The number of hydrogen-bond acceptors (Lipinski definition) is 2. The molecule has 2 N–H and O–H groups in total. The number of benzene rings is 1. The SMILES string of the molecule is Cc1ccc(C)c(-c2nc(CNC(C)C)[nH]c2C)c1. The molecule has 0 aliphatic rings. The summed E-state index contributed by atoms with van der Waals surface area (Å²) in [7, 11) is 0. The minimum absolute atomic E-state index is 0.467. The Labute approximate surface area is 115 Å². The molecule has 19 heavy (non-hydrogen) atoms. The van der Waals surface area contributed by atoms with Gasteiger partial charge in [0.15, 0.2) is 0 Å². The molecule has 0 fully saturated rings. The normalized spacial score (nSPS) is 11.3. The van der Waals surface area contributed by atoms with Crippen molar-refractivity contribution in [2.45, 2.75) is 47.2 Å². The lowest BCUT2D eigenvalue weighted by atomic mass is 10.0. The van der Waals surface area contributed by atoms with Crippen LogP contribution in [0.4, 0.5) is 0 Å². The van der Waals surface area contributed by atoms with Gasteiger partial charge in [0.1, 0.15) is 5.82 Å². The molecule has 3 heteroatoms. The zero-order valence-electron chi connectivity index (χ0n) is 12.5. The minimum atomic E-state index is 0.467. The molecule has 102 valence electrons. The van der Waals surface area contributed by atoms with Crippen LogP contribution in [0.5, 0.6) is 0 Å². The van der Waals surface area contributed by atoms with Crippen molar-refractivity contribution in [3.8, 4) is 11.3 Å². The zero-order valence-corrected chi connectivity index (χ0v) is 12.5. The number of imidazole rings is 1. The van der Waals surface area contributed by atoms with E-state index in [9.17, 15) is 0 Å². The van der Waals surface area contributed by atoms with Crippen LogP contribution in [-0.2, 0) is 6.54 Å². The Bertz CT molecular complexity index is 567. The van der Waals surface area contributed by atoms with Gasteiger partial charge in [0, 0.05) is 17.3 Å². The molecular formula is C16H23N3. The first kappa shape index (κ1) is 13.8. The molecule has 0 radical (unpaired) electrons. The molecular weight excluding hydrogens is 234 g/mol. The van der Waals surface area contributed by atoms with Crippen LogP contribution in [0.2, 0.25) is 0 Å². The highest BCUT2D eigenvalue weighted by atomic mass is 15.0. The van der Waals surface area contributed by atoms with Crippen LogP contribution in [0.15, 0.2) is 18.2 Å². The number of aryl methyl sites for hydroxylation is 3. The molecule has 0 unspecified atom stereocenters. The molecule has 2 rings (SSSR count). The Morgan fingerprint density at radius 3 is 2.63 bits per heavy atom. The average Bonchev–Trinajstić information content (AvgIpc) is 2.71. The van der Waals surface area contributed by atoms with E-state index in [1.165, 1.54) is 16.7 Å². The highest BCUT2D eigenvalue weighted by Gasteiger charge is 2.11. The first-order valence-electron chi connectivity index (χ1n) is 6.84. The zero-order chi connectivity index (χ0) is 14.0. The average molecular weight is 257 g/mol. The lowest BCUT2D eigenvalue weighted by molar-refractivity contribution is 0.575. The van der Waals surface area contributed by atoms with E-state index in [0.717, 1.165) is 23.8 Å². The van der Waals surface area contributed by atoms with Crippen LogP contribution in [-0.4, -0.2) is 16.0 Å². The maximum atomic E-state index is 4.74. The molecule has 0 spiro atoms. The summed E-state index contributed by atoms with van der Waals surface area (Å²) < 4.78 is 0. The van der Waals surface area contributed by atoms with E-state index in [-0.39, 0.29) is 0 Å². The van der Waals surface area contributed by atoms with Gasteiger partial charge in [0.25, 0.3) is 0 Å². The van der Waals surface area contributed by atoms with E-state index in [1.54, 1.807) is 0 Å². The molecule has 1 aromatic carbocycles. The molecule has 1 heterocycles. The molecule has 0 aliphatic heterocycles. The molecule has 0 aliphatic carbocycles. The Kier molecular flexibility index (Phi) is 4.05. The van der Waals surface area contributed by atoms with Gasteiger partial charge < -0.3 is 10.3 Å². The first-order valence-corrected chi connectivity index (χ1v) is 6.84. The van der Waals surface area contributed by atoms with E-state index in [0.29, 0.717) is 6.04 Å². The Morgan fingerprint density at radius 1 is 1.21 bits per heavy atom. The third-order valence-corrected chi connectivity index (χ3v) is 3.26. The predicted molar refractivity (Wildman–Crippen MR) is 80.2 cm³/mol. The molecule has 0 saturated carbocycles. The van der Waals surface area contributed by atoms with Gasteiger partial charge in [-0.05, 0) is 32.4 Å². The fraction of sp³-hybridized carbons (Fsp3) is 0.438. The summed E-state index contributed by atoms with van der Waals surface area (Å²) in [4.78, 5) is 8.11. The Balaban J connectivity index is 2.32. The van der Waals surface area contributed by atoms with Crippen LogP contribution in [0, 0.1) is 20.8 Å². The van der Waals surface area contributed by atoms with E-state index >= 15 is 0 Å². The summed E-state index contributed by atoms with van der Waals surface area (Å²) in [6.45, 7) is 11.4. The van der Waals surface area contributed by atoms with Crippen molar-refractivity contribution in [2.75, 3.05) is 0 Å². The summed E-state index contributed by atoms with van der Waals surface area (Å²) >= 11 is 0. The second-order valence-corrected chi connectivity index (χ2v) is 5.51. The maximum absolute atomic E-state index is 4.74. The van der Waals surface area contributed by atoms with Gasteiger partial charge in [-0.3, -0.25) is 0 Å². The second-order valence-electron chi connectivity index (χ2n) is 5.51. The fourth-order valence-electron chi connectivity index (χ4n) is 2.16. The fourth-order valence-corrected chi connectivity index (χ4v) is 2.16. The summed E-state index contributed by atoms with van der Waals surface area (Å²) in [5, 5.41) is 3.39. The van der Waals surface area contributed by atoms with E-state index < -0.39 is 0 Å². The summed E-state index contributed by atoms with van der Waals surface area (Å²) in [6.07, 6.45) is 0. The van der Waals surface area contributed by atoms with Gasteiger partial charge in [-0.15, -0.1) is 0 Å². The predicted octanol–water partition coefficient (Wildman–Crippen LogP) is 3.50. The topological polar surface area (TPSA) is 40.7 Å². The number of rotatable bonds is 4. The van der Waals surface area contributed by atoms with Crippen LogP contribution in [0.3, 0.4) is 0 Å². The van der Waals surface area contributed by atoms with Crippen LogP contribution < -0.4 is 5.32 Å². The molecule has 0 bridgehead atoms. The monoisotopic (exact) mass is 257 g/mol. The van der Waals surface area contributed by atoms with Crippen LogP contribution in [0.1, 0.15) is 36.5 Å². The van der Waals surface area contributed by atoms with Crippen molar-refractivity contribution < 1.29 is 0 Å². The van der Waals surface area contributed by atoms with Crippen molar-refractivity contribution >= 4 is 0 Å². The number of nitrogens with zero attached hydrogens (tertiary/aromatic N) is 1. The number of hydrogen-bond donors (Lipinski definition) is 2. The van der Waals surface area contributed by atoms with Crippen molar-refractivity contribution in [3.05, 3.63) is 40.8 Å². The lowest BCUT2D eigenvalue weighted by Crippen LogP contribution is -2.22. The minimum Gasteiger partial charge on any atom is -0.344 e. The Hall–Kier alpha value is -1.61. The molecule has 3 nitrogen and oxygen atoms in total. The highest BCUT2D eigenvalue weighted by molar-refractivity contribution is 5.66. The third-order valence-electron chi connectivity index (χ3n) is 3.26. The van der Waals surface area contributed by atoms with Gasteiger partial charge in [-0.25, -0.2) is 4.98 Å². The van der Waals surface area contributed by atoms with Crippen molar-refractivity contribution in [2.24, 2.45) is 0 Å². The molecule has 2 aromatic rings. The third kappa shape index (κ3) is 3.24. The molecule has 0 amide bonds. The smallest absolute Gasteiger partial charge is 0.121 e.